The van der Waals surface area contributed by atoms with E-state index in [9.17, 15) is 26.4 Å². The summed E-state index contributed by atoms with van der Waals surface area (Å²) in [4.78, 5) is 22.0. The predicted molar refractivity (Wildman–Crippen MR) is 93.4 cm³/mol. The van der Waals surface area contributed by atoms with Crippen LogP contribution < -0.4 is 0 Å². The minimum absolute atomic E-state index is 0.271. The molecule has 1 aliphatic carbocycles. The Labute approximate surface area is 150 Å². The van der Waals surface area contributed by atoms with Gasteiger partial charge in [-0.25, -0.2) is 16.8 Å². The lowest BCUT2D eigenvalue weighted by Crippen LogP contribution is -2.26. The highest BCUT2D eigenvalue weighted by Gasteiger charge is 2.40. The Hall–Kier alpha value is -2.84. The van der Waals surface area contributed by atoms with E-state index in [0.29, 0.717) is 0 Å². The molecule has 0 N–H and O–H groups in total. The Bertz CT molecular complexity index is 1060. The van der Waals surface area contributed by atoms with E-state index in [0.717, 1.165) is 12.2 Å². The topological polar surface area (TPSA) is 102 Å². The third-order valence-electron chi connectivity index (χ3n) is 3.68. The molecule has 0 saturated heterocycles. The maximum Gasteiger partial charge on any atom is 0.211 e. The Balaban J connectivity index is 2.36. The van der Waals surface area contributed by atoms with Crippen molar-refractivity contribution in [1.29, 1.82) is 0 Å². The maximum absolute atomic E-state index is 12.9. The molecule has 3 rings (SSSR count). The molecule has 0 aliphatic heterocycles. The second-order valence-corrected chi connectivity index (χ2v) is 9.13. The monoisotopic (exact) mass is 388 g/mol. The van der Waals surface area contributed by atoms with Crippen LogP contribution in [-0.4, -0.2) is 28.4 Å². The molecular formula is C18H12O6S2. The maximum atomic E-state index is 12.9. The Morgan fingerprint density at radius 1 is 0.500 bits per heavy atom. The molecule has 0 bridgehead atoms. The summed E-state index contributed by atoms with van der Waals surface area (Å²) in [5.74, 6) is -2.11. The summed E-state index contributed by atoms with van der Waals surface area (Å²) in [7, 11) is -9.01. The van der Waals surface area contributed by atoms with Crippen molar-refractivity contribution in [2.24, 2.45) is 0 Å². The highest BCUT2D eigenvalue weighted by atomic mass is 32.2. The van der Waals surface area contributed by atoms with Gasteiger partial charge in [-0.2, -0.15) is 0 Å². The van der Waals surface area contributed by atoms with Gasteiger partial charge in [-0.1, -0.05) is 36.4 Å². The Morgan fingerprint density at radius 2 is 0.808 bits per heavy atom. The molecule has 1 aliphatic rings. The van der Waals surface area contributed by atoms with E-state index in [1.54, 1.807) is 12.1 Å². The van der Waals surface area contributed by atoms with Gasteiger partial charge in [0.25, 0.3) is 0 Å². The van der Waals surface area contributed by atoms with Crippen LogP contribution in [0.15, 0.2) is 92.4 Å². The fourth-order valence-corrected chi connectivity index (χ4v) is 5.99. The molecule has 0 radical (unpaired) electrons. The molecule has 0 heterocycles. The zero-order chi connectivity index (χ0) is 18.9. The molecule has 0 spiro atoms. The van der Waals surface area contributed by atoms with Crippen molar-refractivity contribution in [3.05, 3.63) is 82.6 Å². The fraction of sp³-hybridized carbons (Fsp3) is 0. The van der Waals surface area contributed by atoms with Crippen LogP contribution in [-0.2, 0) is 29.3 Å². The molecule has 2 aromatic rings. The van der Waals surface area contributed by atoms with E-state index in [4.69, 9.17) is 0 Å². The van der Waals surface area contributed by atoms with Crippen LogP contribution in [0.2, 0.25) is 0 Å². The lowest BCUT2D eigenvalue weighted by molar-refractivity contribution is -0.114. The first-order valence-electron chi connectivity index (χ1n) is 7.37. The fourth-order valence-electron chi connectivity index (χ4n) is 2.47. The van der Waals surface area contributed by atoms with E-state index >= 15 is 0 Å². The summed E-state index contributed by atoms with van der Waals surface area (Å²) in [5.41, 5.74) is 0. The summed E-state index contributed by atoms with van der Waals surface area (Å²) in [6.45, 7) is 0. The molecule has 0 unspecified atom stereocenters. The van der Waals surface area contributed by atoms with Crippen molar-refractivity contribution >= 4 is 31.2 Å². The molecule has 2 aromatic carbocycles. The molecule has 8 heteroatoms. The van der Waals surface area contributed by atoms with Gasteiger partial charge in [0.1, 0.15) is 9.81 Å². The SMILES string of the molecule is O=C1C=CC(=O)C(S(=O)(=O)c2ccccc2)=C1S(=O)(=O)c1ccccc1. The Kier molecular flexibility index (Phi) is 4.47. The standard InChI is InChI=1S/C18H12O6S2/c19-15-11-12-16(20)18(26(23,24)14-9-5-2-6-10-14)17(15)25(21,22)13-7-3-1-4-8-13/h1-12H. The van der Waals surface area contributed by atoms with Crippen LogP contribution in [0.4, 0.5) is 0 Å². The van der Waals surface area contributed by atoms with E-state index < -0.39 is 41.1 Å². The lowest BCUT2D eigenvalue weighted by Gasteiger charge is -2.15. The minimum Gasteiger partial charge on any atom is -0.288 e. The highest BCUT2D eigenvalue weighted by Crippen LogP contribution is 2.32. The van der Waals surface area contributed by atoms with Gasteiger partial charge < -0.3 is 0 Å². The van der Waals surface area contributed by atoms with Crippen LogP contribution in [0.3, 0.4) is 0 Å². The minimum atomic E-state index is -4.51. The third kappa shape index (κ3) is 2.93. The lowest BCUT2D eigenvalue weighted by atomic mass is 10.2. The van der Waals surface area contributed by atoms with Crippen LogP contribution in [0.25, 0.3) is 0 Å². The van der Waals surface area contributed by atoms with Crippen molar-refractivity contribution < 1.29 is 26.4 Å². The van der Waals surface area contributed by atoms with Gasteiger partial charge in [-0.3, -0.25) is 9.59 Å². The zero-order valence-electron chi connectivity index (χ0n) is 13.2. The number of rotatable bonds is 4. The van der Waals surface area contributed by atoms with E-state index in [2.05, 4.69) is 0 Å². The largest absolute Gasteiger partial charge is 0.288 e. The summed E-state index contributed by atoms with van der Waals surface area (Å²) in [6, 6.07) is 13.8. The van der Waals surface area contributed by atoms with Crippen molar-refractivity contribution in [3.63, 3.8) is 0 Å². The van der Waals surface area contributed by atoms with E-state index in [-0.39, 0.29) is 9.79 Å². The summed E-state index contributed by atoms with van der Waals surface area (Å²) >= 11 is 0. The number of benzene rings is 2. The van der Waals surface area contributed by atoms with Crippen molar-refractivity contribution in [1.82, 2.24) is 0 Å². The summed E-state index contributed by atoms with van der Waals surface area (Å²) in [5, 5.41) is 0. The molecule has 6 nitrogen and oxygen atoms in total. The first kappa shape index (κ1) is 18.0. The second-order valence-electron chi connectivity index (χ2n) is 5.35. The molecular weight excluding hydrogens is 376 g/mol. The van der Waals surface area contributed by atoms with Crippen molar-refractivity contribution in [2.75, 3.05) is 0 Å². The number of ketones is 2. The second kappa shape index (κ2) is 6.47. The number of allylic oxidation sites excluding steroid dienone is 4. The van der Waals surface area contributed by atoms with Gasteiger partial charge in [0.15, 0.2) is 11.6 Å². The molecule has 0 fully saturated rings. The van der Waals surface area contributed by atoms with Crippen molar-refractivity contribution in [2.45, 2.75) is 9.79 Å². The smallest absolute Gasteiger partial charge is 0.211 e. The van der Waals surface area contributed by atoms with Gasteiger partial charge in [-0.05, 0) is 36.4 Å². The zero-order valence-corrected chi connectivity index (χ0v) is 14.8. The van der Waals surface area contributed by atoms with Gasteiger partial charge in [-0.15, -0.1) is 0 Å². The average molecular weight is 388 g/mol. The third-order valence-corrected chi connectivity index (χ3v) is 7.48. The molecule has 0 atom stereocenters. The first-order valence-corrected chi connectivity index (χ1v) is 10.3. The Morgan fingerprint density at radius 3 is 1.12 bits per heavy atom. The summed E-state index contributed by atoms with van der Waals surface area (Å²) < 4.78 is 51.6. The van der Waals surface area contributed by atoms with Crippen LogP contribution >= 0.6 is 0 Å². The molecule has 0 aromatic heterocycles. The van der Waals surface area contributed by atoms with Gasteiger partial charge in [0, 0.05) is 0 Å². The number of carbonyl (C=O) groups excluding carboxylic acids is 2. The first-order chi connectivity index (χ1) is 12.3. The quantitative estimate of drug-likeness (QED) is 0.741. The van der Waals surface area contributed by atoms with Crippen LogP contribution in [0, 0.1) is 0 Å². The van der Waals surface area contributed by atoms with Gasteiger partial charge in [0.05, 0.1) is 9.79 Å². The van der Waals surface area contributed by atoms with E-state index in [1.807, 2.05) is 0 Å². The molecule has 0 amide bonds. The van der Waals surface area contributed by atoms with E-state index in [1.165, 1.54) is 48.5 Å². The molecule has 0 saturated carbocycles. The molecule has 26 heavy (non-hydrogen) atoms. The summed E-state index contributed by atoms with van der Waals surface area (Å²) in [6.07, 6.45) is 1.53. The highest BCUT2D eigenvalue weighted by molar-refractivity contribution is 8.00. The van der Waals surface area contributed by atoms with Crippen LogP contribution in [0.1, 0.15) is 0 Å². The normalized spacial score (nSPS) is 15.4. The van der Waals surface area contributed by atoms with Gasteiger partial charge in [0.2, 0.25) is 19.7 Å². The number of sulfone groups is 2. The number of carbonyl (C=O) groups is 2. The number of hydrogen-bond donors (Lipinski definition) is 0. The average Bonchev–Trinajstić information content (AvgIpc) is 2.64. The van der Waals surface area contributed by atoms with Gasteiger partial charge >= 0.3 is 0 Å². The van der Waals surface area contributed by atoms with Crippen molar-refractivity contribution in [3.8, 4) is 0 Å². The predicted octanol–water partition coefficient (Wildman–Crippen LogP) is 1.85. The van der Waals surface area contributed by atoms with Crippen LogP contribution in [0.5, 0.6) is 0 Å². The number of hydrogen-bond acceptors (Lipinski definition) is 6. The molecule has 132 valence electrons.